The van der Waals surface area contributed by atoms with Gasteiger partial charge in [0.1, 0.15) is 0 Å². The van der Waals surface area contributed by atoms with Crippen LogP contribution >= 0.6 is 0 Å². The Hall–Kier alpha value is -1.06. The number of ether oxygens (including phenoxy) is 1. The van der Waals surface area contributed by atoms with Gasteiger partial charge in [0.2, 0.25) is 0 Å². The van der Waals surface area contributed by atoms with E-state index in [1.807, 2.05) is 6.92 Å². The van der Waals surface area contributed by atoms with Gasteiger partial charge in [-0.1, -0.05) is 13.3 Å². The minimum absolute atomic E-state index is 0.0379. The van der Waals surface area contributed by atoms with Crippen molar-refractivity contribution in [2.45, 2.75) is 26.7 Å². The maximum Gasteiger partial charge on any atom is 0.323 e. The van der Waals surface area contributed by atoms with Crippen LogP contribution in [0.15, 0.2) is 0 Å². The average molecular weight is 186 g/mol. The number of aliphatic carboxylic acids is 1. The first kappa shape index (κ1) is 10.0. The van der Waals surface area contributed by atoms with Gasteiger partial charge in [-0.15, -0.1) is 0 Å². The third-order valence-corrected chi connectivity index (χ3v) is 2.62. The van der Waals surface area contributed by atoms with Crippen molar-refractivity contribution in [3.05, 3.63) is 0 Å². The second kappa shape index (κ2) is 3.36. The molecule has 0 aromatic heterocycles. The third-order valence-electron chi connectivity index (χ3n) is 2.62. The van der Waals surface area contributed by atoms with E-state index in [9.17, 15) is 9.59 Å². The summed E-state index contributed by atoms with van der Waals surface area (Å²) < 4.78 is 4.74. The van der Waals surface area contributed by atoms with Crippen molar-refractivity contribution in [1.29, 1.82) is 0 Å². The fraction of sp³-hybridized carbons (Fsp3) is 0.778. The molecule has 0 heterocycles. The van der Waals surface area contributed by atoms with Gasteiger partial charge in [-0.05, 0) is 19.3 Å². The Kier molecular flexibility index (Phi) is 2.59. The second-order valence-corrected chi connectivity index (χ2v) is 3.31. The molecule has 1 aliphatic rings. The molecule has 0 unspecified atom stereocenters. The average Bonchev–Trinajstić information content (AvgIpc) is 2.79. The highest BCUT2D eigenvalue weighted by molar-refractivity contribution is 6.02. The van der Waals surface area contributed by atoms with Crippen molar-refractivity contribution in [2.75, 3.05) is 6.61 Å². The van der Waals surface area contributed by atoms with E-state index < -0.39 is 17.4 Å². The van der Waals surface area contributed by atoms with Gasteiger partial charge in [-0.25, -0.2) is 0 Å². The molecule has 0 aliphatic heterocycles. The lowest BCUT2D eigenvalue weighted by Crippen LogP contribution is -2.29. The smallest absolute Gasteiger partial charge is 0.323 e. The lowest BCUT2D eigenvalue weighted by molar-refractivity contribution is -0.161. The van der Waals surface area contributed by atoms with Crippen LogP contribution in [0.1, 0.15) is 26.7 Å². The normalized spacial score (nSPS) is 31.1. The highest BCUT2D eigenvalue weighted by Gasteiger charge is 2.66. The summed E-state index contributed by atoms with van der Waals surface area (Å²) in [7, 11) is 0. The predicted molar refractivity (Wildman–Crippen MR) is 45.1 cm³/mol. The standard InChI is InChI=1S/C9H14O4/c1-3-6-5-9(6,7(10)11)8(12)13-4-2/h6H,3-5H2,1-2H3,(H,10,11)/t6-,9+/m1/s1. The van der Waals surface area contributed by atoms with Crippen LogP contribution in [0.2, 0.25) is 0 Å². The molecule has 1 aliphatic carbocycles. The molecular weight excluding hydrogens is 172 g/mol. The first-order valence-corrected chi connectivity index (χ1v) is 4.50. The Balaban J connectivity index is 2.72. The van der Waals surface area contributed by atoms with Gasteiger partial charge in [0.15, 0.2) is 5.41 Å². The van der Waals surface area contributed by atoms with E-state index in [0.29, 0.717) is 12.8 Å². The van der Waals surface area contributed by atoms with Crippen molar-refractivity contribution < 1.29 is 19.4 Å². The summed E-state index contributed by atoms with van der Waals surface area (Å²) in [5.41, 5.74) is -1.22. The Morgan fingerprint density at radius 1 is 1.54 bits per heavy atom. The zero-order valence-electron chi connectivity index (χ0n) is 7.87. The summed E-state index contributed by atoms with van der Waals surface area (Å²) in [6.45, 7) is 3.80. The largest absolute Gasteiger partial charge is 0.480 e. The van der Waals surface area contributed by atoms with Gasteiger partial charge in [0, 0.05) is 0 Å². The number of carbonyl (C=O) groups is 2. The van der Waals surface area contributed by atoms with Crippen LogP contribution in [0.4, 0.5) is 0 Å². The van der Waals surface area contributed by atoms with Crippen LogP contribution < -0.4 is 0 Å². The van der Waals surface area contributed by atoms with Crippen LogP contribution in [0.25, 0.3) is 0 Å². The number of carboxylic acid groups (broad SMARTS) is 1. The van der Waals surface area contributed by atoms with E-state index in [4.69, 9.17) is 9.84 Å². The van der Waals surface area contributed by atoms with Crippen molar-refractivity contribution in [2.24, 2.45) is 11.3 Å². The number of carbonyl (C=O) groups excluding carboxylic acids is 1. The first-order chi connectivity index (χ1) is 6.09. The molecule has 0 spiro atoms. The molecule has 2 atom stereocenters. The number of rotatable bonds is 4. The van der Waals surface area contributed by atoms with Gasteiger partial charge in [-0.3, -0.25) is 9.59 Å². The van der Waals surface area contributed by atoms with Crippen LogP contribution in [-0.4, -0.2) is 23.7 Å². The highest BCUT2D eigenvalue weighted by atomic mass is 16.5. The maximum atomic E-state index is 11.3. The molecule has 0 aromatic carbocycles. The number of esters is 1. The lowest BCUT2D eigenvalue weighted by Gasteiger charge is -2.09. The quantitative estimate of drug-likeness (QED) is 0.526. The van der Waals surface area contributed by atoms with E-state index in [0.717, 1.165) is 0 Å². The van der Waals surface area contributed by atoms with Crippen molar-refractivity contribution in [3.8, 4) is 0 Å². The lowest BCUT2D eigenvalue weighted by atomic mass is 10.0. The zero-order chi connectivity index (χ0) is 10.1. The minimum Gasteiger partial charge on any atom is -0.480 e. The van der Waals surface area contributed by atoms with Crippen LogP contribution in [0.5, 0.6) is 0 Å². The maximum absolute atomic E-state index is 11.3. The molecule has 0 aromatic rings. The molecule has 0 saturated heterocycles. The van der Waals surface area contributed by atoms with Crippen molar-refractivity contribution in [3.63, 3.8) is 0 Å². The third kappa shape index (κ3) is 1.41. The summed E-state index contributed by atoms with van der Waals surface area (Å²) in [6, 6.07) is 0. The summed E-state index contributed by atoms with van der Waals surface area (Å²) in [6.07, 6.45) is 1.14. The van der Waals surface area contributed by atoms with Crippen LogP contribution in [-0.2, 0) is 14.3 Å². The predicted octanol–water partition coefficient (Wildman–Crippen LogP) is 1.05. The van der Waals surface area contributed by atoms with E-state index in [1.54, 1.807) is 6.92 Å². The molecule has 13 heavy (non-hydrogen) atoms. The molecule has 0 radical (unpaired) electrons. The summed E-state index contributed by atoms with van der Waals surface area (Å²) in [5.74, 6) is -1.66. The first-order valence-electron chi connectivity index (χ1n) is 4.50. The molecule has 0 bridgehead atoms. The van der Waals surface area contributed by atoms with Crippen molar-refractivity contribution >= 4 is 11.9 Å². The fourth-order valence-electron chi connectivity index (χ4n) is 1.68. The van der Waals surface area contributed by atoms with E-state index >= 15 is 0 Å². The molecule has 1 N–H and O–H groups in total. The molecule has 4 heteroatoms. The van der Waals surface area contributed by atoms with E-state index in [1.165, 1.54) is 0 Å². The Labute approximate surface area is 76.9 Å². The molecule has 1 fully saturated rings. The Morgan fingerprint density at radius 2 is 2.15 bits per heavy atom. The summed E-state index contributed by atoms with van der Waals surface area (Å²) in [4.78, 5) is 22.2. The number of carboxylic acids is 1. The van der Waals surface area contributed by atoms with Gasteiger partial charge in [0.25, 0.3) is 0 Å². The van der Waals surface area contributed by atoms with Crippen molar-refractivity contribution in [1.82, 2.24) is 0 Å². The van der Waals surface area contributed by atoms with Gasteiger partial charge >= 0.3 is 11.9 Å². The van der Waals surface area contributed by atoms with E-state index in [-0.39, 0.29) is 12.5 Å². The number of hydrogen-bond donors (Lipinski definition) is 1. The Morgan fingerprint density at radius 3 is 2.46 bits per heavy atom. The summed E-state index contributed by atoms with van der Waals surface area (Å²) >= 11 is 0. The molecular formula is C9H14O4. The fourth-order valence-corrected chi connectivity index (χ4v) is 1.68. The summed E-state index contributed by atoms with van der Waals surface area (Å²) in [5, 5.41) is 8.90. The van der Waals surface area contributed by atoms with Crippen LogP contribution in [0.3, 0.4) is 0 Å². The zero-order valence-corrected chi connectivity index (χ0v) is 7.87. The van der Waals surface area contributed by atoms with E-state index in [2.05, 4.69) is 0 Å². The Bertz CT molecular complexity index is 236. The van der Waals surface area contributed by atoms with Gasteiger partial charge < -0.3 is 9.84 Å². The molecule has 1 saturated carbocycles. The topological polar surface area (TPSA) is 63.6 Å². The second-order valence-electron chi connectivity index (χ2n) is 3.31. The highest BCUT2D eigenvalue weighted by Crippen LogP contribution is 2.55. The van der Waals surface area contributed by atoms with Gasteiger partial charge in [0.05, 0.1) is 6.61 Å². The molecule has 74 valence electrons. The van der Waals surface area contributed by atoms with Gasteiger partial charge in [-0.2, -0.15) is 0 Å². The molecule has 1 rings (SSSR count). The van der Waals surface area contributed by atoms with Crippen LogP contribution in [0, 0.1) is 11.3 Å². The monoisotopic (exact) mass is 186 g/mol. The number of hydrogen-bond acceptors (Lipinski definition) is 3. The minimum atomic E-state index is -1.22. The molecule has 4 nitrogen and oxygen atoms in total. The SMILES string of the molecule is CCOC(=O)[C@@]1(C(=O)O)C[C@H]1CC. The molecule has 0 amide bonds.